The van der Waals surface area contributed by atoms with Crippen molar-refractivity contribution >= 4 is 27.5 Å². The molecule has 0 N–H and O–H groups in total. The van der Waals surface area contributed by atoms with E-state index in [0.29, 0.717) is 0 Å². The number of carbonyl (C=O) groups is 1. The Morgan fingerprint density at radius 3 is 2.11 bits per heavy atom. The fourth-order valence-corrected chi connectivity index (χ4v) is 2.14. The van der Waals surface area contributed by atoms with E-state index < -0.39 is 5.97 Å². The largest absolute Gasteiger partial charge is 1.00 e. The van der Waals surface area contributed by atoms with E-state index in [1.165, 1.54) is 0 Å². The van der Waals surface area contributed by atoms with Crippen LogP contribution in [-0.4, -0.2) is 5.97 Å². The number of carbonyl (C=O) groups excluding carboxylic acids is 1. The summed E-state index contributed by atoms with van der Waals surface area (Å²) in [5.74, 6) is -1.13. The van der Waals surface area contributed by atoms with Crippen molar-refractivity contribution in [1.29, 1.82) is 0 Å². The van der Waals surface area contributed by atoms with Gasteiger partial charge in [-0.15, -0.1) is 0 Å². The first kappa shape index (κ1) is 14.1. The molecule has 0 aliphatic rings. The van der Waals surface area contributed by atoms with E-state index in [2.05, 4.69) is 0 Å². The zero-order valence-corrected chi connectivity index (χ0v) is 16.3. The second-order valence-electron chi connectivity index (χ2n) is 4.01. The van der Waals surface area contributed by atoms with E-state index in [-0.39, 0.29) is 74.5 Å². The number of benzene rings is 3. The van der Waals surface area contributed by atoms with Gasteiger partial charge in [0.05, 0.1) is 5.97 Å². The second kappa shape index (κ2) is 5.78. The van der Waals surface area contributed by atoms with Crippen molar-refractivity contribution in [3.05, 3.63) is 60.2 Å². The van der Waals surface area contributed by atoms with Crippen LogP contribution < -0.4 is 74.0 Å². The number of fused-ring (bicyclic) bond motifs is 2. The molecule has 0 radical (unpaired) electrons. The molecule has 3 heteroatoms. The van der Waals surface area contributed by atoms with Crippen molar-refractivity contribution in [3.8, 4) is 0 Å². The molecular formula is C15H9CsO2. The van der Waals surface area contributed by atoms with E-state index in [9.17, 15) is 9.90 Å². The van der Waals surface area contributed by atoms with Crippen LogP contribution in [0.2, 0.25) is 0 Å². The standard InChI is InChI=1S/C15H10O2.Cs/c16-15(17)13-7-3-6-12-8-10-4-1-2-5-11(10)9-14(12)13;/h1-9H,(H,16,17);/q;+1/p-1. The normalized spacial score (nSPS) is 10.2. The van der Waals surface area contributed by atoms with Crippen molar-refractivity contribution in [2.45, 2.75) is 0 Å². The third-order valence-corrected chi connectivity index (χ3v) is 2.97. The van der Waals surface area contributed by atoms with Crippen molar-refractivity contribution in [3.63, 3.8) is 0 Å². The fourth-order valence-electron chi connectivity index (χ4n) is 2.14. The van der Waals surface area contributed by atoms with Crippen LogP contribution in [0.4, 0.5) is 0 Å². The van der Waals surface area contributed by atoms with Crippen LogP contribution in [-0.2, 0) is 0 Å². The molecule has 0 atom stereocenters. The summed E-state index contributed by atoms with van der Waals surface area (Å²) in [6.45, 7) is 0. The molecule has 0 amide bonds. The van der Waals surface area contributed by atoms with Gasteiger partial charge < -0.3 is 9.90 Å². The van der Waals surface area contributed by atoms with Gasteiger partial charge in [-0.25, -0.2) is 0 Å². The molecule has 0 fully saturated rings. The van der Waals surface area contributed by atoms with Gasteiger partial charge in [0.2, 0.25) is 0 Å². The third-order valence-electron chi connectivity index (χ3n) is 2.97. The minimum absolute atomic E-state index is 0. The molecule has 0 saturated carbocycles. The summed E-state index contributed by atoms with van der Waals surface area (Å²) in [5, 5.41) is 14.8. The second-order valence-corrected chi connectivity index (χ2v) is 4.01. The van der Waals surface area contributed by atoms with Crippen LogP contribution in [0.3, 0.4) is 0 Å². The van der Waals surface area contributed by atoms with E-state index >= 15 is 0 Å². The van der Waals surface area contributed by atoms with Gasteiger partial charge in [-0.3, -0.25) is 0 Å². The summed E-state index contributed by atoms with van der Waals surface area (Å²) in [4.78, 5) is 11.0. The first-order chi connectivity index (χ1) is 8.25. The molecule has 2 nitrogen and oxygen atoms in total. The van der Waals surface area contributed by atoms with Crippen molar-refractivity contribution in [2.24, 2.45) is 0 Å². The number of carboxylic acid groups (broad SMARTS) is 1. The molecule has 0 aromatic heterocycles. The van der Waals surface area contributed by atoms with E-state index in [1.54, 1.807) is 12.1 Å². The van der Waals surface area contributed by atoms with Gasteiger partial charge in [0, 0.05) is 5.56 Å². The van der Waals surface area contributed by atoms with Gasteiger partial charge in [0.1, 0.15) is 0 Å². The van der Waals surface area contributed by atoms with E-state index in [0.717, 1.165) is 21.5 Å². The number of aromatic carboxylic acids is 1. The van der Waals surface area contributed by atoms with Crippen LogP contribution in [0.15, 0.2) is 54.6 Å². The molecule has 0 spiro atoms. The topological polar surface area (TPSA) is 40.1 Å². The molecule has 3 aromatic rings. The van der Waals surface area contributed by atoms with Gasteiger partial charge in [0.15, 0.2) is 0 Å². The molecule has 0 bridgehead atoms. The quantitative estimate of drug-likeness (QED) is 0.546. The number of rotatable bonds is 1. The SMILES string of the molecule is O=C([O-])c1cccc2cc3ccccc3cc12.[Cs+]. The van der Waals surface area contributed by atoms with Gasteiger partial charge in [0.25, 0.3) is 0 Å². The fraction of sp³-hybridized carbons (Fsp3) is 0. The Morgan fingerprint density at radius 1 is 0.833 bits per heavy atom. The zero-order chi connectivity index (χ0) is 11.8. The molecule has 3 aromatic carbocycles. The molecule has 0 aliphatic carbocycles. The molecule has 0 heterocycles. The summed E-state index contributed by atoms with van der Waals surface area (Å²) >= 11 is 0. The molecule has 0 unspecified atom stereocenters. The third kappa shape index (κ3) is 2.52. The Balaban J connectivity index is 0.00000120. The van der Waals surface area contributed by atoms with Crippen molar-refractivity contribution < 1.29 is 78.8 Å². The predicted octanol–water partition coefficient (Wildman–Crippen LogP) is -0.640. The maximum absolute atomic E-state index is 11.0. The number of hydrogen-bond donors (Lipinski definition) is 0. The number of hydrogen-bond acceptors (Lipinski definition) is 2. The Bertz CT molecular complexity index is 735. The molecule has 3 rings (SSSR count). The minimum atomic E-state index is -1.13. The summed E-state index contributed by atoms with van der Waals surface area (Å²) < 4.78 is 0. The average Bonchev–Trinajstić information content (AvgIpc) is 2.35. The smallest absolute Gasteiger partial charge is 0.545 e. The Hall–Kier alpha value is -0.298. The first-order valence-electron chi connectivity index (χ1n) is 5.38. The van der Waals surface area contributed by atoms with Crippen LogP contribution >= 0.6 is 0 Å². The first-order valence-corrected chi connectivity index (χ1v) is 5.38. The number of carboxylic acids is 1. The molecule has 0 saturated heterocycles. The zero-order valence-electron chi connectivity index (χ0n) is 10.0. The van der Waals surface area contributed by atoms with Crippen LogP contribution in [0.25, 0.3) is 21.5 Å². The average molecular weight is 354 g/mol. The van der Waals surface area contributed by atoms with Gasteiger partial charge in [-0.05, 0) is 33.7 Å². The Kier molecular flexibility index (Phi) is 4.53. The summed E-state index contributed by atoms with van der Waals surface area (Å²) in [6, 6.07) is 17.0. The predicted molar refractivity (Wildman–Crippen MR) is 65.8 cm³/mol. The summed E-state index contributed by atoms with van der Waals surface area (Å²) in [6.07, 6.45) is 0. The maximum Gasteiger partial charge on any atom is 1.00 e. The molecule has 82 valence electrons. The van der Waals surface area contributed by atoms with Gasteiger partial charge in [-0.1, -0.05) is 42.5 Å². The molecular weight excluding hydrogens is 345 g/mol. The molecule has 0 aliphatic heterocycles. The Labute approximate surface area is 163 Å². The van der Waals surface area contributed by atoms with Crippen LogP contribution in [0.1, 0.15) is 10.4 Å². The van der Waals surface area contributed by atoms with E-state index in [4.69, 9.17) is 0 Å². The maximum atomic E-state index is 11.0. The summed E-state index contributed by atoms with van der Waals surface area (Å²) in [7, 11) is 0. The van der Waals surface area contributed by atoms with Crippen molar-refractivity contribution in [1.82, 2.24) is 0 Å². The van der Waals surface area contributed by atoms with Gasteiger partial charge in [-0.2, -0.15) is 0 Å². The summed E-state index contributed by atoms with van der Waals surface area (Å²) in [5.41, 5.74) is 0.244. The van der Waals surface area contributed by atoms with Crippen LogP contribution in [0, 0.1) is 0 Å². The monoisotopic (exact) mass is 354 g/mol. The van der Waals surface area contributed by atoms with Gasteiger partial charge >= 0.3 is 68.9 Å². The van der Waals surface area contributed by atoms with Crippen LogP contribution in [0.5, 0.6) is 0 Å². The minimum Gasteiger partial charge on any atom is -0.545 e. The Morgan fingerprint density at radius 2 is 1.44 bits per heavy atom. The van der Waals surface area contributed by atoms with E-state index in [1.807, 2.05) is 42.5 Å². The van der Waals surface area contributed by atoms with Crippen molar-refractivity contribution in [2.75, 3.05) is 0 Å². The molecule has 18 heavy (non-hydrogen) atoms.